The summed E-state index contributed by atoms with van der Waals surface area (Å²) in [4.78, 5) is 24.7. The maximum absolute atomic E-state index is 11.8. The molecule has 0 bridgehead atoms. The van der Waals surface area contributed by atoms with E-state index in [9.17, 15) is 14.7 Å². The molecule has 0 aromatic heterocycles. The Balaban J connectivity index is 2.37. The Kier molecular flexibility index (Phi) is 6.67. The van der Waals surface area contributed by atoms with Crippen LogP contribution in [0, 0.1) is 11.8 Å². The van der Waals surface area contributed by atoms with E-state index >= 15 is 0 Å². The van der Waals surface area contributed by atoms with Crippen LogP contribution in [0.5, 0.6) is 0 Å². The highest BCUT2D eigenvalue weighted by atomic mass is 16.4. The largest absolute Gasteiger partial charge is 0.481 e. The Morgan fingerprint density at radius 2 is 2.00 bits per heavy atom. The summed E-state index contributed by atoms with van der Waals surface area (Å²) in [5.41, 5.74) is 0. The van der Waals surface area contributed by atoms with E-state index in [0.717, 1.165) is 45.1 Å². The first-order valence-corrected chi connectivity index (χ1v) is 7.28. The van der Waals surface area contributed by atoms with Crippen molar-refractivity contribution in [1.82, 2.24) is 10.2 Å². The van der Waals surface area contributed by atoms with Gasteiger partial charge in [-0.15, -0.1) is 0 Å². The van der Waals surface area contributed by atoms with Gasteiger partial charge >= 0.3 is 12.0 Å². The van der Waals surface area contributed by atoms with Crippen molar-refractivity contribution in [2.24, 2.45) is 11.8 Å². The minimum atomic E-state index is -0.724. The monoisotopic (exact) mass is 270 g/mol. The van der Waals surface area contributed by atoms with Crippen LogP contribution in [0.4, 0.5) is 4.79 Å². The van der Waals surface area contributed by atoms with Crippen LogP contribution in [0.15, 0.2) is 0 Å². The van der Waals surface area contributed by atoms with Crippen LogP contribution in [-0.2, 0) is 4.79 Å². The standard InChI is InChI=1S/C14H26N2O3/c1-3-4-9-16(2)14(19)15-10-11-7-5-6-8-12(11)13(17)18/h11-12H,3-10H2,1-2H3,(H,15,19)(H,17,18). The van der Waals surface area contributed by atoms with Crippen molar-refractivity contribution in [2.75, 3.05) is 20.1 Å². The van der Waals surface area contributed by atoms with Gasteiger partial charge in [-0.2, -0.15) is 0 Å². The van der Waals surface area contributed by atoms with Crippen molar-refractivity contribution in [1.29, 1.82) is 0 Å². The van der Waals surface area contributed by atoms with Crippen molar-refractivity contribution in [3.05, 3.63) is 0 Å². The molecule has 2 unspecified atom stereocenters. The van der Waals surface area contributed by atoms with Gasteiger partial charge in [-0.3, -0.25) is 4.79 Å². The molecule has 5 nitrogen and oxygen atoms in total. The summed E-state index contributed by atoms with van der Waals surface area (Å²) in [6.45, 7) is 3.31. The summed E-state index contributed by atoms with van der Waals surface area (Å²) in [5, 5.41) is 12.0. The van der Waals surface area contributed by atoms with Crippen LogP contribution in [0.3, 0.4) is 0 Å². The molecule has 0 radical (unpaired) electrons. The van der Waals surface area contributed by atoms with Crippen LogP contribution in [0.25, 0.3) is 0 Å². The number of hydrogen-bond acceptors (Lipinski definition) is 2. The first-order valence-electron chi connectivity index (χ1n) is 7.28. The second-order valence-electron chi connectivity index (χ2n) is 5.45. The van der Waals surface area contributed by atoms with E-state index in [1.807, 2.05) is 0 Å². The Labute approximate surface area is 115 Å². The van der Waals surface area contributed by atoms with Crippen LogP contribution in [0.2, 0.25) is 0 Å². The molecule has 0 saturated heterocycles. The Morgan fingerprint density at radius 1 is 1.32 bits per heavy atom. The topological polar surface area (TPSA) is 69.6 Å². The third kappa shape index (κ3) is 5.09. The van der Waals surface area contributed by atoms with Crippen molar-refractivity contribution in [2.45, 2.75) is 45.4 Å². The van der Waals surface area contributed by atoms with Crippen molar-refractivity contribution in [3.63, 3.8) is 0 Å². The first-order chi connectivity index (χ1) is 9.06. The molecule has 1 aliphatic rings. The molecule has 1 rings (SSSR count). The van der Waals surface area contributed by atoms with Gasteiger partial charge in [-0.25, -0.2) is 4.79 Å². The van der Waals surface area contributed by atoms with E-state index in [-0.39, 0.29) is 17.9 Å². The van der Waals surface area contributed by atoms with Crippen molar-refractivity contribution < 1.29 is 14.7 Å². The summed E-state index contributed by atoms with van der Waals surface area (Å²) in [6.07, 6.45) is 5.73. The average molecular weight is 270 g/mol. The smallest absolute Gasteiger partial charge is 0.317 e. The van der Waals surface area contributed by atoms with E-state index in [4.69, 9.17) is 0 Å². The van der Waals surface area contributed by atoms with Gasteiger partial charge in [0.05, 0.1) is 5.92 Å². The van der Waals surface area contributed by atoms with Gasteiger partial charge < -0.3 is 15.3 Å². The van der Waals surface area contributed by atoms with E-state index in [2.05, 4.69) is 12.2 Å². The molecule has 1 saturated carbocycles. The summed E-state index contributed by atoms with van der Waals surface area (Å²) in [5.74, 6) is -0.942. The van der Waals surface area contributed by atoms with E-state index in [1.165, 1.54) is 0 Å². The summed E-state index contributed by atoms with van der Waals surface area (Å²) in [7, 11) is 1.78. The Bertz CT molecular complexity index is 307. The molecule has 2 amide bonds. The lowest BCUT2D eigenvalue weighted by atomic mass is 9.79. The molecule has 2 atom stereocenters. The van der Waals surface area contributed by atoms with Gasteiger partial charge in [0, 0.05) is 20.1 Å². The fraction of sp³-hybridized carbons (Fsp3) is 0.857. The molecule has 19 heavy (non-hydrogen) atoms. The van der Waals surface area contributed by atoms with Crippen LogP contribution >= 0.6 is 0 Å². The maximum atomic E-state index is 11.8. The molecule has 0 aromatic rings. The van der Waals surface area contributed by atoms with E-state index in [0.29, 0.717) is 6.54 Å². The third-order valence-electron chi connectivity index (χ3n) is 3.94. The zero-order valence-corrected chi connectivity index (χ0v) is 12.0. The van der Waals surface area contributed by atoms with E-state index in [1.54, 1.807) is 11.9 Å². The fourth-order valence-electron chi connectivity index (χ4n) is 2.63. The molecular weight excluding hydrogens is 244 g/mol. The molecule has 0 aliphatic heterocycles. The molecule has 5 heteroatoms. The molecule has 2 N–H and O–H groups in total. The maximum Gasteiger partial charge on any atom is 0.317 e. The van der Waals surface area contributed by atoms with Crippen LogP contribution in [-0.4, -0.2) is 42.1 Å². The minimum absolute atomic E-state index is 0.0785. The van der Waals surface area contributed by atoms with Crippen LogP contribution in [0.1, 0.15) is 45.4 Å². The predicted molar refractivity (Wildman–Crippen MR) is 74.0 cm³/mol. The normalized spacial score (nSPS) is 22.8. The lowest BCUT2D eigenvalue weighted by Gasteiger charge is -2.29. The average Bonchev–Trinajstić information content (AvgIpc) is 2.42. The number of nitrogens with zero attached hydrogens (tertiary/aromatic N) is 1. The van der Waals surface area contributed by atoms with Gasteiger partial charge in [-0.05, 0) is 25.2 Å². The van der Waals surface area contributed by atoms with Gasteiger partial charge in [-0.1, -0.05) is 26.2 Å². The minimum Gasteiger partial charge on any atom is -0.481 e. The lowest BCUT2D eigenvalue weighted by Crippen LogP contribution is -2.42. The summed E-state index contributed by atoms with van der Waals surface area (Å²) >= 11 is 0. The predicted octanol–water partition coefficient (Wildman–Crippen LogP) is 2.32. The highest BCUT2D eigenvalue weighted by Gasteiger charge is 2.30. The number of nitrogens with one attached hydrogen (secondary N) is 1. The number of unbranched alkanes of at least 4 members (excludes halogenated alkanes) is 1. The SMILES string of the molecule is CCCCN(C)C(=O)NCC1CCCCC1C(=O)O. The van der Waals surface area contributed by atoms with Gasteiger partial charge in [0.1, 0.15) is 0 Å². The zero-order chi connectivity index (χ0) is 14.3. The zero-order valence-electron chi connectivity index (χ0n) is 12.0. The molecule has 0 aromatic carbocycles. The summed E-state index contributed by atoms with van der Waals surface area (Å²) in [6, 6.07) is -0.0943. The van der Waals surface area contributed by atoms with Crippen molar-refractivity contribution >= 4 is 12.0 Å². The number of carbonyl (C=O) groups is 2. The van der Waals surface area contributed by atoms with Gasteiger partial charge in [0.25, 0.3) is 0 Å². The first kappa shape index (κ1) is 15.8. The Morgan fingerprint density at radius 3 is 2.63 bits per heavy atom. The molecular formula is C14H26N2O3. The molecule has 1 aliphatic carbocycles. The second kappa shape index (κ2) is 8.02. The lowest BCUT2D eigenvalue weighted by molar-refractivity contribution is -0.144. The molecule has 0 heterocycles. The third-order valence-corrected chi connectivity index (χ3v) is 3.94. The fourth-order valence-corrected chi connectivity index (χ4v) is 2.63. The van der Waals surface area contributed by atoms with Crippen LogP contribution < -0.4 is 5.32 Å². The molecule has 1 fully saturated rings. The Hall–Kier alpha value is -1.26. The van der Waals surface area contributed by atoms with E-state index < -0.39 is 5.97 Å². The number of rotatable bonds is 6. The number of amides is 2. The van der Waals surface area contributed by atoms with Crippen molar-refractivity contribution in [3.8, 4) is 0 Å². The quantitative estimate of drug-likeness (QED) is 0.778. The number of carboxylic acids is 1. The highest BCUT2D eigenvalue weighted by molar-refractivity contribution is 5.74. The number of carboxylic acid groups (broad SMARTS) is 1. The summed E-state index contributed by atoms with van der Waals surface area (Å²) < 4.78 is 0. The molecule has 0 spiro atoms. The molecule has 110 valence electrons. The van der Waals surface area contributed by atoms with Gasteiger partial charge in [0.2, 0.25) is 0 Å². The van der Waals surface area contributed by atoms with Gasteiger partial charge in [0.15, 0.2) is 0 Å². The number of hydrogen-bond donors (Lipinski definition) is 2. The number of urea groups is 1. The number of aliphatic carboxylic acids is 1. The second-order valence-corrected chi connectivity index (χ2v) is 5.45. The number of carbonyl (C=O) groups excluding carboxylic acids is 1. The highest BCUT2D eigenvalue weighted by Crippen LogP contribution is 2.29.